The zero-order valence-electron chi connectivity index (χ0n) is 11.7. The van der Waals surface area contributed by atoms with E-state index in [-0.39, 0.29) is 5.91 Å². The van der Waals surface area contributed by atoms with Gasteiger partial charge in [-0.3, -0.25) is 4.79 Å². The van der Waals surface area contributed by atoms with E-state index >= 15 is 0 Å². The molecule has 0 atom stereocenters. The van der Waals surface area contributed by atoms with Crippen LogP contribution in [0.4, 0.5) is 0 Å². The quantitative estimate of drug-likeness (QED) is 0.895. The molecule has 2 aromatic heterocycles. The molecule has 1 amide bonds. The fourth-order valence-electron chi connectivity index (χ4n) is 2.09. The summed E-state index contributed by atoms with van der Waals surface area (Å²) in [6, 6.07) is 6.23. The number of hydrogen-bond acceptors (Lipinski definition) is 2. The molecular formula is C15H20N2OS. The van der Waals surface area contributed by atoms with E-state index in [9.17, 15) is 4.79 Å². The molecule has 0 radical (unpaired) electrons. The molecule has 2 rings (SSSR count). The zero-order chi connectivity index (χ0) is 13.8. The molecule has 0 unspecified atom stereocenters. The van der Waals surface area contributed by atoms with Crippen LogP contribution in [0, 0.1) is 13.8 Å². The van der Waals surface area contributed by atoms with E-state index in [1.54, 1.807) is 11.3 Å². The molecule has 2 aromatic rings. The minimum Gasteiger partial charge on any atom is -0.352 e. The minimum absolute atomic E-state index is 0.120. The SMILES string of the molecule is Cc1cc(CNC(=O)CCc2cccs2)c(C)n1C. The Kier molecular flexibility index (Phi) is 4.43. The Morgan fingerprint density at radius 2 is 2.21 bits per heavy atom. The molecule has 0 aliphatic carbocycles. The zero-order valence-corrected chi connectivity index (χ0v) is 12.5. The van der Waals surface area contributed by atoms with Gasteiger partial charge in [-0.25, -0.2) is 0 Å². The molecule has 0 fully saturated rings. The molecule has 0 spiro atoms. The lowest BCUT2D eigenvalue weighted by Crippen LogP contribution is -2.23. The van der Waals surface area contributed by atoms with Crippen LogP contribution in [0.1, 0.15) is 28.2 Å². The lowest BCUT2D eigenvalue weighted by atomic mass is 10.2. The van der Waals surface area contributed by atoms with E-state index in [0.717, 1.165) is 6.42 Å². The van der Waals surface area contributed by atoms with E-state index in [1.165, 1.54) is 21.8 Å². The topological polar surface area (TPSA) is 34.0 Å². The summed E-state index contributed by atoms with van der Waals surface area (Å²) in [4.78, 5) is 13.1. The van der Waals surface area contributed by atoms with Crippen molar-refractivity contribution in [2.24, 2.45) is 7.05 Å². The van der Waals surface area contributed by atoms with Gasteiger partial charge in [0.25, 0.3) is 0 Å². The molecule has 0 aliphatic heterocycles. The summed E-state index contributed by atoms with van der Waals surface area (Å²) in [6.45, 7) is 4.78. The predicted octanol–water partition coefficient (Wildman–Crippen LogP) is 2.95. The number of amides is 1. The van der Waals surface area contributed by atoms with Crippen molar-refractivity contribution in [2.45, 2.75) is 33.2 Å². The van der Waals surface area contributed by atoms with Crippen molar-refractivity contribution in [3.8, 4) is 0 Å². The summed E-state index contributed by atoms with van der Waals surface area (Å²) in [5, 5.41) is 5.04. The third-order valence-electron chi connectivity index (χ3n) is 3.53. The van der Waals surface area contributed by atoms with Crippen LogP contribution in [-0.2, 0) is 24.8 Å². The van der Waals surface area contributed by atoms with Gasteiger partial charge in [0.2, 0.25) is 5.91 Å². The van der Waals surface area contributed by atoms with Gasteiger partial charge in [-0.1, -0.05) is 6.07 Å². The highest BCUT2D eigenvalue weighted by atomic mass is 32.1. The van der Waals surface area contributed by atoms with Crippen LogP contribution in [0.25, 0.3) is 0 Å². The number of aromatic nitrogens is 1. The van der Waals surface area contributed by atoms with Gasteiger partial charge in [-0.2, -0.15) is 0 Å². The molecule has 1 N–H and O–H groups in total. The van der Waals surface area contributed by atoms with Gasteiger partial charge < -0.3 is 9.88 Å². The van der Waals surface area contributed by atoms with Crippen molar-refractivity contribution in [1.82, 2.24) is 9.88 Å². The average Bonchev–Trinajstić information content (AvgIpc) is 2.99. The smallest absolute Gasteiger partial charge is 0.220 e. The molecule has 0 aromatic carbocycles. The van der Waals surface area contributed by atoms with Crippen molar-refractivity contribution in [3.63, 3.8) is 0 Å². The standard InChI is InChI=1S/C15H20N2OS/c1-11-9-13(12(2)17(11)3)10-16-15(18)7-6-14-5-4-8-19-14/h4-5,8-9H,6-7,10H2,1-3H3,(H,16,18). The fraction of sp³-hybridized carbons (Fsp3) is 0.400. The van der Waals surface area contributed by atoms with E-state index in [2.05, 4.69) is 35.9 Å². The van der Waals surface area contributed by atoms with Crippen LogP contribution >= 0.6 is 11.3 Å². The molecule has 2 heterocycles. The lowest BCUT2D eigenvalue weighted by Gasteiger charge is -2.05. The molecule has 102 valence electrons. The van der Waals surface area contributed by atoms with Crippen molar-refractivity contribution >= 4 is 17.2 Å². The van der Waals surface area contributed by atoms with Crippen molar-refractivity contribution < 1.29 is 4.79 Å². The number of hydrogen-bond donors (Lipinski definition) is 1. The van der Waals surface area contributed by atoms with Crippen LogP contribution < -0.4 is 5.32 Å². The third-order valence-corrected chi connectivity index (χ3v) is 4.47. The van der Waals surface area contributed by atoms with Gasteiger partial charge >= 0.3 is 0 Å². The van der Waals surface area contributed by atoms with Crippen molar-refractivity contribution in [2.75, 3.05) is 0 Å². The maximum atomic E-state index is 11.8. The number of rotatable bonds is 5. The Balaban J connectivity index is 1.81. The third kappa shape index (κ3) is 3.47. The average molecular weight is 276 g/mol. The maximum Gasteiger partial charge on any atom is 0.220 e. The summed E-state index contributed by atoms with van der Waals surface area (Å²) in [5.74, 6) is 0.120. The second-order valence-electron chi connectivity index (χ2n) is 4.81. The van der Waals surface area contributed by atoms with Crippen LogP contribution in [0.3, 0.4) is 0 Å². The first-order valence-electron chi connectivity index (χ1n) is 6.49. The molecule has 0 saturated heterocycles. The number of carbonyl (C=O) groups excluding carboxylic acids is 1. The van der Waals surface area contributed by atoms with Gasteiger partial charge in [-0.05, 0) is 43.3 Å². The maximum absolute atomic E-state index is 11.8. The van der Waals surface area contributed by atoms with E-state index in [0.29, 0.717) is 13.0 Å². The van der Waals surface area contributed by atoms with Gasteiger partial charge in [-0.15, -0.1) is 11.3 Å². The molecule has 0 saturated carbocycles. The summed E-state index contributed by atoms with van der Waals surface area (Å²) in [6.07, 6.45) is 1.39. The molecule has 4 heteroatoms. The number of carbonyl (C=O) groups is 1. The van der Waals surface area contributed by atoms with Crippen LogP contribution in [0.15, 0.2) is 23.6 Å². The Labute approximate surface area is 118 Å². The molecule has 19 heavy (non-hydrogen) atoms. The minimum atomic E-state index is 0.120. The number of nitrogens with one attached hydrogen (secondary N) is 1. The first-order valence-corrected chi connectivity index (χ1v) is 7.36. The van der Waals surface area contributed by atoms with Crippen molar-refractivity contribution in [3.05, 3.63) is 45.4 Å². The largest absolute Gasteiger partial charge is 0.352 e. The van der Waals surface area contributed by atoms with Gasteiger partial charge in [0.1, 0.15) is 0 Å². The Bertz CT molecular complexity index is 555. The summed E-state index contributed by atoms with van der Waals surface area (Å²) in [7, 11) is 2.05. The monoisotopic (exact) mass is 276 g/mol. The van der Waals surface area contributed by atoms with Gasteiger partial charge in [0.05, 0.1) is 0 Å². The van der Waals surface area contributed by atoms with Gasteiger partial charge in [0, 0.05) is 36.3 Å². The number of aryl methyl sites for hydroxylation is 2. The molecule has 0 bridgehead atoms. The van der Waals surface area contributed by atoms with E-state index in [4.69, 9.17) is 0 Å². The lowest BCUT2D eigenvalue weighted by molar-refractivity contribution is -0.121. The second kappa shape index (κ2) is 6.06. The highest BCUT2D eigenvalue weighted by Gasteiger charge is 2.08. The van der Waals surface area contributed by atoms with Crippen LogP contribution in [0.2, 0.25) is 0 Å². The second-order valence-corrected chi connectivity index (χ2v) is 5.84. The van der Waals surface area contributed by atoms with E-state index in [1.807, 2.05) is 18.5 Å². The highest BCUT2D eigenvalue weighted by molar-refractivity contribution is 7.09. The molecule has 3 nitrogen and oxygen atoms in total. The summed E-state index contributed by atoms with van der Waals surface area (Å²) in [5.41, 5.74) is 3.64. The number of nitrogens with zero attached hydrogens (tertiary/aromatic N) is 1. The van der Waals surface area contributed by atoms with E-state index < -0.39 is 0 Å². The van der Waals surface area contributed by atoms with Crippen LogP contribution in [0.5, 0.6) is 0 Å². The Hall–Kier alpha value is -1.55. The Morgan fingerprint density at radius 3 is 2.79 bits per heavy atom. The molecule has 0 aliphatic rings. The first-order chi connectivity index (χ1) is 9.08. The van der Waals surface area contributed by atoms with Gasteiger partial charge in [0.15, 0.2) is 0 Å². The highest BCUT2D eigenvalue weighted by Crippen LogP contribution is 2.13. The Morgan fingerprint density at radius 1 is 1.42 bits per heavy atom. The first kappa shape index (κ1) is 13.9. The normalized spacial score (nSPS) is 10.7. The summed E-state index contributed by atoms with van der Waals surface area (Å²) >= 11 is 1.70. The van der Waals surface area contributed by atoms with Crippen LogP contribution in [-0.4, -0.2) is 10.5 Å². The molecular weight excluding hydrogens is 256 g/mol. The number of thiophene rings is 1. The fourth-order valence-corrected chi connectivity index (χ4v) is 2.80. The summed E-state index contributed by atoms with van der Waals surface area (Å²) < 4.78 is 2.15. The van der Waals surface area contributed by atoms with Crippen molar-refractivity contribution in [1.29, 1.82) is 0 Å². The predicted molar refractivity (Wildman–Crippen MR) is 79.4 cm³/mol.